The molecule has 0 aliphatic carbocycles. The normalized spacial score (nSPS) is 16.8. The van der Waals surface area contributed by atoms with Crippen molar-refractivity contribution in [3.05, 3.63) is 101 Å². The number of rotatable bonds is 7. The van der Waals surface area contributed by atoms with Gasteiger partial charge in [0, 0.05) is 60.6 Å². The van der Waals surface area contributed by atoms with Crippen molar-refractivity contribution in [1.82, 2.24) is 14.8 Å². The second-order valence-corrected chi connectivity index (χ2v) is 12.6. The van der Waals surface area contributed by atoms with E-state index < -0.39 is 51.0 Å². The molecule has 14 heteroatoms. The van der Waals surface area contributed by atoms with Crippen LogP contribution in [0.5, 0.6) is 0 Å². The number of alkyl halides is 6. The highest BCUT2D eigenvalue weighted by molar-refractivity contribution is 7.92. The van der Waals surface area contributed by atoms with E-state index in [4.69, 9.17) is 0 Å². The minimum atomic E-state index is -5.08. The van der Waals surface area contributed by atoms with E-state index in [0.29, 0.717) is 43.9 Å². The number of benzene rings is 3. The maximum atomic E-state index is 13.7. The Hall–Kier alpha value is -4.04. The van der Waals surface area contributed by atoms with Crippen molar-refractivity contribution in [2.24, 2.45) is 0 Å². The molecule has 0 saturated carbocycles. The Labute approximate surface area is 249 Å². The third-order valence-corrected chi connectivity index (χ3v) is 8.06. The number of nitrogens with zero attached hydrogens (tertiary/aromatic N) is 2. The van der Waals surface area contributed by atoms with E-state index in [1.165, 1.54) is 4.90 Å². The zero-order valence-corrected chi connectivity index (χ0v) is 24.2. The molecule has 4 aromatic rings. The SMILES string of the molecule is CS(=O)(=O)Nc1ccc(CN2CCN(C(=O)c3cc(C(F)(F)F)cc(C(F)(F)F)c3)[C@H](Cc3c[nH]c4ccccc34)C2)cc1. The maximum Gasteiger partial charge on any atom is 0.416 e. The van der Waals surface area contributed by atoms with E-state index in [-0.39, 0.29) is 12.6 Å². The predicted octanol–water partition coefficient (Wildman–Crippen LogP) is 6.15. The first-order chi connectivity index (χ1) is 20.6. The summed E-state index contributed by atoms with van der Waals surface area (Å²) in [5, 5.41) is 0.893. The first kappa shape index (κ1) is 31.4. The number of amides is 1. The van der Waals surface area contributed by atoms with E-state index in [1.54, 1.807) is 30.5 Å². The van der Waals surface area contributed by atoms with Gasteiger partial charge in [-0.1, -0.05) is 30.3 Å². The molecule has 0 spiro atoms. The molecule has 44 heavy (non-hydrogen) atoms. The molecule has 1 aliphatic rings. The van der Waals surface area contributed by atoms with Gasteiger partial charge in [-0.15, -0.1) is 0 Å². The molecular weight excluding hydrogens is 610 g/mol. The van der Waals surface area contributed by atoms with Gasteiger partial charge in [0.25, 0.3) is 5.91 Å². The number of hydrogen-bond acceptors (Lipinski definition) is 4. The number of aromatic amines is 1. The predicted molar refractivity (Wildman–Crippen MR) is 153 cm³/mol. The van der Waals surface area contributed by atoms with Crippen molar-refractivity contribution < 1.29 is 39.6 Å². The van der Waals surface area contributed by atoms with Gasteiger partial charge in [-0.25, -0.2) is 8.42 Å². The van der Waals surface area contributed by atoms with Gasteiger partial charge in [0.2, 0.25) is 10.0 Å². The van der Waals surface area contributed by atoms with E-state index in [0.717, 1.165) is 28.3 Å². The standard InChI is InChI=1S/C30H28F6N4O3S/c1-44(42,43)38-24-8-6-19(7-9-24)17-39-10-11-40(25(18-39)14-21-16-37-27-5-3-2-4-26(21)27)28(41)20-12-22(29(31,32)33)15-23(13-20)30(34,35)36/h2-9,12-13,15-16,25,37-38H,10-11,14,17-18H2,1H3/t25-/m1/s1. The van der Waals surface area contributed by atoms with E-state index in [9.17, 15) is 39.6 Å². The van der Waals surface area contributed by atoms with Crippen LogP contribution in [0.2, 0.25) is 0 Å². The summed E-state index contributed by atoms with van der Waals surface area (Å²) < 4.78 is 107. The molecule has 0 radical (unpaired) electrons. The summed E-state index contributed by atoms with van der Waals surface area (Å²) in [7, 11) is -3.45. The van der Waals surface area contributed by atoms with Gasteiger partial charge in [0.15, 0.2) is 0 Å². The lowest BCUT2D eigenvalue weighted by Crippen LogP contribution is -2.55. The van der Waals surface area contributed by atoms with Gasteiger partial charge in [0.1, 0.15) is 0 Å². The van der Waals surface area contributed by atoms with Crippen LogP contribution < -0.4 is 4.72 Å². The van der Waals surface area contributed by atoms with Crippen LogP contribution in [0.15, 0.2) is 72.9 Å². The first-order valence-corrected chi connectivity index (χ1v) is 15.4. The Kier molecular flexibility index (Phi) is 8.42. The number of sulfonamides is 1. The number of para-hydroxylation sites is 1. The highest BCUT2D eigenvalue weighted by Gasteiger charge is 2.39. The quantitative estimate of drug-likeness (QED) is 0.238. The number of anilines is 1. The fourth-order valence-corrected chi connectivity index (χ4v) is 6.02. The summed E-state index contributed by atoms with van der Waals surface area (Å²) in [6.07, 6.45) is -7.03. The number of carbonyl (C=O) groups excluding carboxylic acids is 1. The zero-order valence-electron chi connectivity index (χ0n) is 23.3. The van der Waals surface area contributed by atoms with Crippen LogP contribution in [-0.4, -0.2) is 61.0 Å². The highest BCUT2D eigenvalue weighted by Crippen LogP contribution is 2.37. The van der Waals surface area contributed by atoms with Gasteiger partial charge >= 0.3 is 12.4 Å². The van der Waals surface area contributed by atoms with Crippen LogP contribution in [-0.2, 0) is 35.3 Å². The molecule has 0 unspecified atom stereocenters. The van der Waals surface area contributed by atoms with Crippen molar-refractivity contribution in [3.8, 4) is 0 Å². The molecule has 1 saturated heterocycles. The fraction of sp³-hybridized carbons (Fsp3) is 0.300. The average molecular weight is 639 g/mol. The van der Waals surface area contributed by atoms with Crippen molar-refractivity contribution >= 4 is 32.5 Å². The summed E-state index contributed by atoms with van der Waals surface area (Å²) in [6, 6.07) is 14.6. The number of piperazine rings is 1. The largest absolute Gasteiger partial charge is 0.416 e. The number of halogens is 6. The summed E-state index contributed by atoms with van der Waals surface area (Å²) in [6.45, 7) is 1.09. The second kappa shape index (κ2) is 11.8. The zero-order chi connectivity index (χ0) is 31.9. The molecular formula is C30H28F6N4O3S. The minimum absolute atomic E-state index is 0.00879. The number of fused-ring (bicyclic) bond motifs is 1. The van der Waals surface area contributed by atoms with Crippen molar-refractivity contribution in [2.75, 3.05) is 30.6 Å². The summed E-state index contributed by atoms with van der Waals surface area (Å²) in [5.74, 6) is -0.915. The minimum Gasteiger partial charge on any atom is -0.361 e. The third-order valence-electron chi connectivity index (χ3n) is 7.46. The number of H-pyrrole nitrogens is 1. The van der Waals surface area contributed by atoms with Crippen LogP contribution in [0.3, 0.4) is 0 Å². The molecule has 2 N–H and O–H groups in total. The van der Waals surface area contributed by atoms with Gasteiger partial charge in [-0.2, -0.15) is 26.3 Å². The molecule has 5 rings (SSSR count). The van der Waals surface area contributed by atoms with Crippen LogP contribution >= 0.6 is 0 Å². The van der Waals surface area contributed by atoms with Crippen LogP contribution in [0, 0.1) is 0 Å². The Morgan fingerprint density at radius 3 is 2.18 bits per heavy atom. The van der Waals surface area contributed by atoms with Gasteiger partial charge in [0.05, 0.1) is 17.4 Å². The molecule has 0 bridgehead atoms. The second-order valence-electron chi connectivity index (χ2n) is 10.8. The lowest BCUT2D eigenvalue weighted by atomic mass is 9.98. The monoisotopic (exact) mass is 638 g/mol. The molecule has 234 valence electrons. The molecule has 1 atom stereocenters. The lowest BCUT2D eigenvalue weighted by molar-refractivity contribution is -0.143. The van der Waals surface area contributed by atoms with Crippen molar-refractivity contribution in [2.45, 2.75) is 31.4 Å². The van der Waals surface area contributed by atoms with Crippen LogP contribution in [0.4, 0.5) is 32.0 Å². The number of carbonyl (C=O) groups is 1. The Morgan fingerprint density at radius 2 is 1.57 bits per heavy atom. The average Bonchev–Trinajstić information content (AvgIpc) is 3.35. The Balaban J connectivity index is 1.44. The van der Waals surface area contributed by atoms with E-state index in [1.807, 2.05) is 29.2 Å². The van der Waals surface area contributed by atoms with Gasteiger partial charge < -0.3 is 9.88 Å². The van der Waals surface area contributed by atoms with Gasteiger partial charge in [-0.05, 0) is 53.9 Å². The number of nitrogens with one attached hydrogen (secondary N) is 2. The number of aromatic nitrogens is 1. The molecule has 1 amide bonds. The van der Waals surface area contributed by atoms with Crippen molar-refractivity contribution in [1.29, 1.82) is 0 Å². The topological polar surface area (TPSA) is 85.5 Å². The molecule has 2 heterocycles. The molecule has 1 aromatic heterocycles. The van der Waals surface area contributed by atoms with E-state index in [2.05, 4.69) is 9.71 Å². The molecule has 3 aromatic carbocycles. The smallest absolute Gasteiger partial charge is 0.361 e. The van der Waals surface area contributed by atoms with E-state index >= 15 is 0 Å². The first-order valence-electron chi connectivity index (χ1n) is 13.5. The molecule has 1 fully saturated rings. The third kappa shape index (κ3) is 7.36. The summed E-state index contributed by atoms with van der Waals surface area (Å²) in [5.41, 5.74) is -0.832. The highest BCUT2D eigenvalue weighted by atomic mass is 32.2. The van der Waals surface area contributed by atoms with Crippen molar-refractivity contribution in [3.63, 3.8) is 0 Å². The van der Waals surface area contributed by atoms with Crippen LogP contribution in [0.25, 0.3) is 10.9 Å². The summed E-state index contributed by atoms with van der Waals surface area (Å²) in [4.78, 5) is 20.2. The van der Waals surface area contributed by atoms with Gasteiger partial charge in [-0.3, -0.25) is 14.4 Å². The Morgan fingerprint density at radius 1 is 0.932 bits per heavy atom. The number of hydrogen-bond donors (Lipinski definition) is 2. The fourth-order valence-electron chi connectivity index (χ4n) is 5.45. The summed E-state index contributed by atoms with van der Waals surface area (Å²) >= 11 is 0. The lowest BCUT2D eigenvalue weighted by Gasteiger charge is -2.42. The molecule has 1 aliphatic heterocycles. The van der Waals surface area contributed by atoms with Crippen LogP contribution in [0.1, 0.15) is 32.6 Å². The Bertz CT molecular complexity index is 1740. The maximum absolute atomic E-state index is 13.7. The molecule has 7 nitrogen and oxygen atoms in total.